The number of fused-ring (bicyclic) bond motifs is 2. The standard InChI is InChI=1S/C34H34N4O3/c1-24-32-36(34(41)35-22-26-13-6-3-7-14-26)20-19-31(39)38(32)30(21-25-11-4-2-5-12-25)33(40)37(24)23-28-17-10-16-27-15-8-9-18-29(27)28/h2-18,24,30,32H,19-23H2,1H3,(H,35,41)/t24-,30-,32?/m0/s1. The Bertz CT molecular complexity index is 1550. The third-order valence-electron chi connectivity index (χ3n) is 8.33. The first-order chi connectivity index (χ1) is 20.0. The van der Waals surface area contributed by atoms with Crippen LogP contribution in [0.3, 0.4) is 0 Å². The smallest absolute Gasteiger partial charge is 0.319 e. The summed E-state index contributed by atoms with van der Waals surface area (Å²) in [7, 11) is 0. The maximum Gasteiger partial charge on any atom is 0.319 e. The predicted octanol–water partition coefficient (Wildman–Crippen LogP) is 4.95. The Morgan fingerprint density at radius 3 is 2.24 bits per heavy atom. The van der Waals surface area contributed by atoms with Crippen LogP contribution in [0.1, 0.15) is 30.0 Å². The molecule has 1 N–H and O–H groups in total. The molecule has 41 heavy (non-hydrogen) atoms. The van der Waals surface area contributed by atoms with Crippen LogP contribution in [0.15, 0.2) is 103 Å². The van der Waals surface area contributed by atoms with Crippen LogP contribution in [0.5, 0.6) is 0 Å². The first kappa shape index (κ1) is 26.6. The zero-order valence-electron chi connectivity index (χ0n) is 23.1. The number of amides is 4. The van der Waals surface area contributed by atoms with Crippen LogP contribution in [0.25, 0.3) is 10.8 Å². The van der Waals surface area contributed by atoms with E-state index in [-0.39, 0.29) is 24.3 Å². The number of piperazine rings is 1. The highest BCUT2D eigenvalue weighted by Gasteiger charge is 2.52. The molecule has 0 bridgehead atoms. The van der Waals surface area contributed by atoms with Gasteiger partial charge in [-0.2, -0.15) is 0 Å². The Morgan fingerprint density at radius 2 is 1.49 bits per heavy atom. The van der Waals surface area contributed by atoms with Crippen LogP contribution in [0, 0.1) is 0 Å². The lowest BCUT2D eigenvalue weighted by atomic mass is 9.93. The van der Waals surface area contributed by atoms with E-state index < -0.39 is 18.2 Å². The third-order valence-corrected chi connectivity index (χ3v) is 8.33. The van der Waals surface area contributed by atoms with Crippen LogP contribution in [-0.4, -0.2) is 57.3 Å². The number of carbonyl (C=O) groups excluding carboxylic acids is 3. The van der Waals surface area contributed by atoms with Crippen molar-refractivity contribution in [3.8, 4) is 0 Å². The molecule has 3 atom stereocenters. The molecule has 7 heteroatoms. The van der Waals surface area contributed by atoms with Crippen molar-refractivity contribution in [2.24, 2.45) is 0 Å². The van der Waals surface area contributed by atoms with Crippen molar-refractivity contribution < 1.29 is 14.4 Å². The van der Waals surface area contributed by atoms with E-state index in [2.05, 4.69) is 29.6 Å². The molecule has 2 fully saturated rings. The SMILES string of the molecule is C[C@H]1C2N(C(=O)NCc3ccccc3)CCC(=O)N2[C@@H](Cc2ccccc2)C(=O)N1Cc1cccc2ccccc12. The summed E-state index contributed by atoms with van der Waals surface area (Å²) in [6.45, 7) is 3.04. The van der Waals surface area contributed by atoms with Gasteiger partial charge in [0.1, 0.15) is 12.2 Å². The van der Waals surface area contributed by atoms with Gasteiger partial charge in [0.05, 0.1) is 6.04 Å². The molecule has 2 heterocycles. The summed E-state index contributed by atoms with van der Waals surface area (Å²) >= 11 is 0. The van der Waals surface area contributed by atoms with E-state index in [1.807, 2.05) is 90.7 Å². The summed E-state index contributed by atoms with van der Waals surface area (Å²) in [4.78, 5) is 46.7. The molecule has 0 saturated carbocycles. The lowest BCUT2D eigenvalue weighted by molar-refractivity contribution is -0.173. The van der Waals surface area contributed by atoms with Crippen LogP contribution in [0.4, 0.5) is 4.79 Å². The highest BCUT2D eigenvalue weighted by molar-refractivity contribution is 5.92. The second-order valence-corrected chi connectivity index (χ2v) is 10.9. The number of nitrogens with zero attached hydrogens (tertiary/aromatic N) is 3. The summed E-state index contributed by atoms with van der Waals surface area (Å²) in [6.07, 6.45) is -0.00212. The van der Waals surface area contributed by atoms with E-state index in [0.717, 1.165) is 27.5 Å². The zero-order valence-corrected chi connectivity index (χ0v) is 23.1. The second-order valence-electron chi connectivity index (χ2n) is 10.9. The summed E-state index contributed by atoms with van der Waals surface area (Å²) in [6, 6.07) is 32.5. The number of benzene rings is 4. The Balaban J connectivity index is 1.35. The van der Waals surface area contributed by atoms with Crippen molar-refractivity contribution in [3.05, 3.63) is 120 Å². The molecule has 0 aliphatic carbocycles. The van der Waals surface area contributed by atoms with Gasteiger partial charge in [0.2, 0.25) is 11.8 Å². The Morgan fingerprint density at radius 1 is 0.829 bits per heavy atom. The van der Waals surface area contributed by atoms with E-state index in [0.29, 0.717) is 26.1 Å². The van der Waals surface area contributed by atoms with Crippen molar-refractivity contribution in [1.82, 2.24) is 20.0 Å². The minimum Gasteiger partial charge on any atom is -0.334 e. The predicted molar refractivity (Wildman–Crippen MR) is 159 cm³/mol. The van der Waals surface area contributed by atoms with Gasteiger partial charge in [-0.05, 0) is 34.4 Å². The van der Waals surface area contributed by atoms with Gasteiger partial charge in [-0.15, -0.1) is 0 Å². The normalized spacial score (nSPS) is 20.7. The molecule has 0 aromatic heterocycles. The lowest BCUT2D eigenvalue weighted by Crippen LogP contribution is -2.75. The molecule has 0 spiro atoms. The monoisotopic (exact) mass is 546 g/mol. The Labute approximate surface area is 240 Å². The summed E-state index contributed by atoms with van der Waals surface area (Å²) < 4.78 is 0. The van der Waals surface area contributed by atoms with Gasteiger partial charge in [-0.3, -0.25) is 9.59 Å². The van der Waals surface area contributed by atoms with Gasteiger partial charge in [-0.25, -0.2) is 4.79 Å². The van der Waals surface area contributed by atoms with Gasteiger partial charge < -0.3 is 20.0 Å². The van der Waals surface area contributed by atoms with Gasteiger partial charge >= 0.3 is 6.03 Å². The van der Waals surface area contributed by atoms with Crippen molar-refractivity contribution in [3.63, 3.8) is 0 Å². The minimum atomic E-state index is -0.703. The second kappa shape index (κ2) is 11.5. The molecular formula is C34H34N4O3. The van der Waals surface area contributed by atoms with Gasteiger partial charge in [0.15, 0.2) is 0 Å². The van der Waals surface area contributed by atoms with E-state index in [4.69, 9.17) is 0 Å². The molecule has 2 aliphatic heterocycles. The molecule has 1 unspecified atom stereocenters. The number of hydrogen-bond donors (Lipinski definition) is 1. The molecule has 4 amide bonds. The Kier molecular flexibility index (Phi) is 7.42. The van der Waals surface area contributed by atoms with Gasteiger partial charge in [0.25, 0.3) is 0 Å². The molecule has 4 aromatic carbocycles. The van der Waals surface area contributed by atoms with Crippen molar-refractivity contribution in [1.29, 1.82) is 0 Å². The summed E-state index contributed by atoms with van der Waals surface area (Å²) in [5, 5.41) is 5.25. The van der Waals surface area contributed by atoms with Crippen LogP contribution in [0.2, 0.25) is 0 Å². The quantitative estimate of drug-likeness (QED) is 0.372. The third kappa shape index (κ3) is 5.27. The van der Waals surface area contributed by atoms with E-state index in [1.165, 1.54) is 0 Å². The van der Waals surface area contributed by atoms with E-state index >= 15 is 0 Å². The lowest BCUT2D eigenvalue weighted by Gasteiger charge is -2.55. The number of rotatable bonds is 6. The zero-order chi connectivity index (χ0) is 28.3. The number of carbonyl (C=O) groups is 3. The molecular weight excluding hydrogens is 512 g/mol. The Hall–Kier alpha value is -4.65. The first-order valence-corrected chi connectivity index (χ1v) is 14.2. The van der Waals surface area contributed by atoms with Gasteiger partial charge in [-0.1, -0.05) is 103 Å². The highest BCUT2D eigenvalue weighted by atomic mass is 16.2. The highest BCUT2D eigenvalue weighted by Crippen LogP contribution is 2.33. The maximum atomic E-state index is 14.3. The van der Waals surface area contributed by atoms with E-state index in [1.54, 1.807) is 9.80 Å². The minimum absolute atomic E-state index is 0.0898. The molecule has 0 radical (unpaired) electrons. The molecule has 7 nitrogen and oxygen atoms in total. The molecule has 2 aliphatic rings. The summed E-state index contributed by atoms with van der Waals surface area (Å²) in [5.74, 6) is -0.182. The van der Waals surface area contributed by atoms with Crippen LogP contribution in [-0.2, 0) is 29.1 Å². The fourth-order valence-electron chi connectivity index (χ4n) is 6.25. The fourth-order valence-corrected chi connectivity index (χ4v) is 6.25. The van der Waals surface area contributed by atoms with Crippen LogP contribution < -0.4 is 5.32 Å². The maximum absolute atomic E-state index is 14.3. The van der Waals surface area contributed by atoms with E-state index in [9.17, 15) is 14.4 Å². The fraction of sp³-hybridized carbons (Fsp3) is 0.265. The number of nitrogens with one attached hydrogen (secondary N) is 1. The molecule has 2 saturated heterocycles. The first-order valence-electron chi connectivity index (χ1n) is 14.2. The number of urea groups is 1. The van der Waals surface area contributed by atoms with Crippen molar-refractivity contribution in [2.45, 2.75) is 51.1 Å². The molecule has 6 rings (SSSR count). The molecule has 208 valence electrons. The van der Waals surface area contributed by atoms with Gasteiger partial charge in [0, 0.05) is 32.5 Å². The van der Waals surface area contributed by atoms with Crippen molar-refractivity contribution >= 4 is 28.6 Å². The average molecular weight is 547 g/mol. The summed E-state index contributed by atoms with van der Waals surface area (Å²) in [5.41, 5.74) is 3.01. The number of hydrogen-bond acceptors (Lipinski definition) is 3. The topological polar surface area (TPSA) is 73.0 Å². The average Bonchev–Trinajstić information content (AvgIpc) is 3.01. The molecule has 4 aromatic rings. The van der Waals surface area contributed by atoms with Crippen molar-refractivity contribution in [2.75, 3.05) is 6.54 Å². The largest absolute Gasteiger partial charge is 0.334 e. The van der Waals surface area contributed by atoms with Crippen LogP contribution >= 0.6 is 0 Å².